The zero-order chi connectivity index (χ0) is 12.3. The van der Waals surface area contributed by atoms with Crippen LogP contribution in [0, 0.1) is 0 Å². The van der Waals surface area contributed by atoms with Crippen LogP contribution in [-0.2, 0) is 0 Å². The molecule has 0 bridgehead atoms. The van der Waals surface area contributed by atoms with Gasteiger partial charge in [0.15, 0.2) is 0 Å². The van der Waals surface area contributed by atoms with Crippen molar-refractivity contribution >= 4 is 27.3 Å². The highest BCUT2D eigenvalue weighted by molar-refractivity contribution is 9.10. The fourth-order valence-corrected chi connectivity index (χ4v) is 3.06. The zero-order valence-corrected chi connectivity index (χ0v) is 11.5. The Balaban J connectivity index is 2.28. The van der Waals surface area contributed by atoms with Gasteiger partial charge in [-0.15, -0.1) is 0 Å². The maximum Gasteiger partial charge on any atom is 0.0635 e. The molecular weight excluding hydrogens is 280 g/mol. The zero-order valence-electron chi connectivity index (χ0n) is 9.90. The fraction of sp³-hybridized carbons (Fsp3) is 0.538. The molecule has 0 spiro atoms. The van der Waals surface area contributed by atoms with Gasteiger partial charge in [0.25, 0.3) is 0 Å². The van der Waals surface area contributed by atoms with Crippen molar-refractivity contribution in [2.24, 2.45) is 0 Å². The smallest absolute Gasteiger partial charge is 0.0635 e. The quantitative estimate of drug-likeness (QED) is 0.826. The van der Waals surface area contributed by atoms with Crippen LogP contribution in [0.15, 0.2) is 22.7 Å². The van der Waals surface area contributed by atoms with E-state index in [0.29, 0.717) is 0 Å². The molecule has 1 fully saturated rings. The number of nitrogens with zero attached hydrogens (tertiary/aromatic N) is 1. The monoisotopic (exact) mass is 298 g/mol. The van der Waals surface area contributed by atoms with Crippen molar-refractivity contribution in [3.8, 4) is 0 Å². The van der Waals surface area contributed by atoms with Crippen LogP contribution >= 0.6 is 15.9 Å². The SMILES string of the molecule is Nc1ccc(N2CCCCCC2CO)c(Br)c1. The van der Waals surface area contributed by atoms with Crippen LogP contribution < -0.4 is 10.6 Å². The van der Waals surface area contributed by atoms with Crippen molar-refractivity contribution < 1.29 is 5.11 Å². The van der Waals surface area contributed by atoms with Crippen LogP contribution in [0.4, 0.5) is 11.4 Å². The number of hydrogen-bond acceptors (Lipinski definition) is 3. The molecule has 0 aliphatic carbocycles. The third-order valence-electron chi connectivity index (χ3n) is 3.37. The lowest BCUT2D eigenvalue weighted by molar-refractivity contribution is 0.255. The third-order valence-corrected chi connectivity index (χ3v) is 4.00. The molecule has 3 nitrogen and oxygen atoms in total. The van der Waals surface area contributed by atoms with Crippen LogP contribution in [0.25, 0.3) is 0 Å². The molecule has 94 valence electrons. The van der Waals surface area contributed by atoms with E-state index in [2.05, 4.69) is 20.8 Å². The number of rotatable bonds is 2. The first kappa shape index (κ1) is 12.7. The molecule has 0 saturated carbocycles. The number of nitrogens with two attached hydrogens (primary N) is 1. The van der Waals surface area contributed by atoms with Gasteiger partial charge in [-0.2, -0.15) is 0 Å². The second-order valence-electron chi connectivity index (χ2n) is 4.59. The molecule has 0 radical (unpaired) electrons. The van der Waals surface area contributed by atoms with E-state index < -0.39 is 0 Å². The van der Waals surface area contributed by atoms with Crippen molar-refractivity contribution in [3.63, 3.8) is 0 Å². The molecular formula is C13H19BrN2O. The van der Waals surface area contributed by atoms with E-state index in [1.807, 2.05) is 18.2 Å². The minimum absolute atomic E-state index is 0.219. The molecule has 1 aromatic rings. The van der Waals surface area contributed by atoms with Gasteiger partial charge in [0.05, 0.1) is 18.3 Å². The molecule has 1 unspecified atom stereocenters. The van der Waals surface area contributed by atoms with Crippen LogP contribution in [-0.4, -0.2) is 24.3 Å². The van der Waals surface area contributed by atoms with Gasteiger partial charge < -0.3 is 15.7 Å². The Morgan fingerprint density at radius 1 is 1.35 bits per heavy atom. The van der Waals surface area contributed by atoms with Gasteiger partial charge in [-0.25, -0.2) is 0 Å². The highest BCUT2D eigenvalue weighted by Crippen LogP contribution is 2.32. The van der Waals surface area contributed by atoms with E-state index in [1.54, 1.807) is 0 Å². The Morgan fingerprint density at radius 2 is 2.18 bits per heavy atom. The van der Waals surface area contributed by atoms with E-state index in [-0.39, 0.29) is 12.6 Å². The number of aliphatic hydroxyl groups excluding tert-OH is 1. The summed E-state index contributed by atoms with van der Waals surface area (Å²) in [5, 5.41) is 9.51. The largest absolute Gasteiger partial charge is 0.399 e. The molecule has 1 aliphatic rings. The Hall–Kier alpha value is -0.740. The molecule has 1 atom stereocenters. The number of benzene rings is 1. The topological polar surface area (TPSA) is 49.5 Å². The number of aliphatic hydroxyl groups is 1. The summed E-state index contributed by atoms with van der Waals surface area (Å²) in [7, 11) is 0. The Labute approximate surface area is 111 Å². The summed E-state index contributed by atoms with van der Waals surface area (Å²) in [6.45, 7) is 1.23. The summed E-state index contributed by atoms with van der Waals surface area (Å²) in [5.74, 6) is 0. The lowest BCUT2D eigenvalue weighted by Crippen LogP contribution is -2.37. The van der Waals surface area contributed by atoms with Gasteiger partial charge in [-0.1, -0.05) is 12.8 Å². The van der Waals surface area contributed by atoms with E-state index in [1.165, 1.54) is 19.3 Å². The molecule has 3 N–H and O–H groups in total. The first-order valence-corrected chi connectivity index (χ1v) is 6.94. The number of anilines is 2. The van der Waals surface area contributed by atoms with E-state index in [4.69, 9.17) is 5.73 Å². The normalized spacial score (nSPS) is 21.3. The predicted octanol–water partition coefficient (Wildman–Crippen LogP) is 2.77. The fourth-order valence-electron chi connectivity index (χ4n) is 2.44. The third kappa shape index (κ3) is 2.93. The second kappa shape index (κ2) is 5.74. The maximum absolute atomic E-state index is 9.51. The molecule has 1 saturated heterocycles. The molecule has 1 aliphatic heterocycles. The van der Waals surface area contributed by atoms with E-state index in [0.717, 1.165) is 28.8 Å². The van der Waals surface area contributed by atoms with Crippen molar-refractivity contribution in [1.29, 1.82) is 0 Å². The summed E-state index contributed by atoms with van der Waals surface area (Å²) in [6, 6.07) is 6.11. The highest BCUT2D eigenvalue weighted by atomic mass is 79.9. The Morgan fingerprint density at radius 3 is 2.88 bits per heavy atom. The van der Waals surface area contributed by atoms with Crippen molar-refractivity contribution in [2.45, 2.75) is 31.7 Å². The van der Waals surface area contributed by atoms with E-state index in [9.17, 15) is 5.11 Å². The molecule has 2 rings (SSSR count). The van der Waals surface area contributed by atoms with Crippen LogP contribution in [0.2, 0.25) is 0 Å². The summed E-state index contributed by atoms with van der Waals surface area (Å²) < 4.78 is 1.01. The van der Waals surface area contributed by atoms with Gasteiger partial charge in [-0.05, 0) is 47.0 Å². The minimum atomic E-state index is 0.219. The molecule has 17 heavy (non-hydrogen) atoms. The molecule has 0 aromatic heterocycles. The van der Waals surface area contributed by atoms with Crippen LogP contribution in [0.3, 0.4) is 0 Å². The average Bonchev–Trinajstić information content (AvgIpc) is 2.54. The Kier molecular flexibility index (Phi) is 4.29. The van der Waals surface area contributed by atoms with Gasteiger partial charge in [-0.3, -0.25) is 0 Å². The van der Waals surface area contributed by atoms with Crippen LogP contribution in [0.5, 0.6) is 0 Å². The first-order chi connectivity index (χ1) is 8.22. The average molecular weight is 299 g/mol. The first-order valence-electron chi connectivity index (χ1n) is 6.15. The van der Waals surface area contributed by atoms with Crippen LogP contribution in [0.1, 0.15) is 25.7 Å². The molecule has 1 aromatic carbocycles. The molecule has 1 heterocycles. The van der Waals surface area contributed by atoms with Gasteiger partial charge in [0, 0.05) is 16.7 Å². The van der Waals surface area contributed by atoms with Crippen molar-refractivity contribution in [3.05, 3.63) is 22.7 Å². The molecule has 0 amide bonds. The summed E-state index contributed by atoms with van der Waals surface area (Å²) in [5.41, 5.74) is 7.66. The lowest BCUT2D eigenvalue weighted by atomic mass is 10.1. The summed E-state index contributed by atoms with van der Waals surface area (Å²) >= 11 is 3.56. The highest BCUT2D eigenvalue weighted by Gasteiger charge is 2.22. The number of nitrogen functional groups attached to an aromatic ring is 1. The number of hydrogen-bond donors (Lipinski definition) is 2. The standard InChI is InChI=1S/C13H19BrN2O/c14-12-8-10(15)5-6-13(12)16-7-3-1-2-4-11(16)9-17/h5-6,8,11,17H,1-4,7,9,15H2. The van der Waals surface area contributed by atoms with Crippen molar-refractivity contribution in [1.82, 2.24) is 0 Å². The summed E-state index contributed by atoms with van der Waals surface area (Å²) in [6.07, 6.45) is 4.70. The summed E-state index contributed by atoms with van der Waals surface area (Å²) in [4.78, 5) is 2.30. The van der Waals surface area contributed by atoms with Gasteiger partial charge >= 0.3 is 0 Å². The second-order valence-corrected chi connectivity index (χ2v) is 5.44. The Bertz CT molecular complexity index is 384. The predicted molar refractivity (Wildman–Crippen MR) is 75.2 cm³/mol. The maximum atomic E-state index is 9.51. The lowest BCUT2D eigenvalue weighted by Gasteiger charge is -2.31. The van der Waals surface area contributed by atoms with Gasteiger partial charge in [0.2, 0.25) is 0 Å². The minimum Gasteiger partial charge on any atom is -0.399 e. The van der Waals surface area contributed by atoms with Gasteiger partial charge in [0.1, 0.15) is 0 Å². The van der Waals surface area contributed by atoms with Crippen molar-refractivity contribution in [2.75, 3.05) is 23.8 Å². The number of halogens is 1. The van der Waals surface area contributed by atoms with E-state index >= 15 is 0 Å². The molecule has 4 heteroatoms.